The summed E-state index contributed by atoms with van der Waals surface area (Å²) in [6, 6.07) is 0. The first-order chi connectivity index (χ1) is 6.45. The summed E-state index contributed by atoms with van der Waals surface area (Å²) in [6.45, 7) is 3.94. The van der Waals surface area contributed by atoms with Crippen molar-refractivity contribution < 1.29 is 14.8 Å². The number of carbonyl (C=O) groups is 1. The number of hydrogen-bond acceptors (Lipinski definition) is 2. The molecule has 0 aliphatic heterocycles. The molecule has 1 atom stereocenters. The van der Waals surface area contributed by atoms with Gasteiger partial charge >= 0.3 is 0 Å². The number of aliphatic carboxylic acids is 1. The molecular formula is C11H25NO2. The molecule has 0 aliphatic carbocycles. The topological polar surface area (TPSA) is 44.6 Å². The summed E-state index contributed by atoms with van der Waals surface area (Å²) in [5, 5.41) is 10.3. The summed E-state index contributed by atoms with van der Waals surface area (Å²) in [5.41, 5.74) is 0. The zero-order chi connectivity index (χ0) is 11.6. The monoisotopic (exact) mass is 203 g/mol. The third-order valence-corrected chi connectivity index (χ3v) is 1.73. The second-order valence-electron chi connectivity index (χ2n) is 4.07. The van der Waals surface area contributed by atoms with Crippen molar-refractivity contribution in [2.75, 3.05) is 21.1 Å². The molecule has 0 spiro atoms. The molecule has 0 fully saturated rings. The molecule has 3 heteroatoms. The number of carbonyl (C=O) groups excluding carboxylic acids is 1. The van der Waals surface area contributed by atoms with Gasteiger partial charge in [0.05, 0.1) is 21.1 Å². The highest BCUT2D eigenvalue weighted by Gasteiger charge is 2.04. The summed E-state index contributed by atoms with van der Waals surface area (Å²) < 4.78 is 0. The van der Waals surface area contributed by atoms with Gasteiger partial charge in [0.25, 0.3) is 0 Å². The van der Waals surface area contributed by atoms with Gasteiger partial charge in [0.1, 0.15) is 0 Å². The molecular weight excluding hydrogens is 178 g/mol. The van der Waals surface area contributed by atoms with Gasteiger partial charge in [0, 0.05) is 5.97 Å². The van der Waals surface area contributed by atoms with Gasteiger partial charge < -0.3 is 14.8 Å². The van der Waals surface area contributed by atoms with Crippen LogP contribution in [-0.4, -0.2) is 27.1 Å². The lowest BCUT2D eigenvalue weighted by Gasteiger charge is -2.14. The molecule has 0 aromatic rings. The maximum atomic E-state index is 10.3. The average Bonchev–Trinajstić information content (AvgIpc) is 2.04. The van der Waals surface area contributed by atoms with E-state index in [1.807, 2.05) is 6.92 Å². The van der Waals surface area contributed by atoms with E-state index < -0.39 is 5.97 Å². The van der Waals surface area contributed by atoms with Crippen LogP contribution in [0.25, 0.3) is 0 Å². The van der Waals surface area contributed by atoms with Crippen LogP contribution in [0.5, 0.6) is 0 Å². The molecule has 0 aromatic heterocycles. The van der Waals surface area contributed by atoms with Gasteiger partial charge in [-0.2, -0.15) is 0 Å². The Morgan fingerprint density at radius 2 is 1.71 bits per heavy atom. The predicted molar refractivity (Wildman–Crippen MR) is 57.0 cm³/mol. The molecule has 0 saturated heterocycles. The van der Waals surface area contributed by atoms with E-state index in [4.69, 9.17) is 0 Å². The van der Waals surface area contributed by atoms with Crippen LogP contribution in [0.3, 0.4) is 0 Å². The van der Waals surface area contributed by atoms with Crippen LogP contribution in [-0.2, 0) is 4.79 Å². The quantitative estimate of drug-likeness (QED) is 0.667. The van der Waals surface area contributed by atoms with Crippen molar-refractivity contribution in [1.29, 1.82) is 0 Å². The van der Waals surface area contributed by atoms with E-state index in [2.05, 4.69) is 28.1 Å². The lowest BCUT2D eigenvalue weighted by atomic mass is 10.00. The van der Waals surface area contributed by atoms with Gasteiger partial charge in [0.2, 0.25) is 0 Å². The zero-order valence-electron chi connectivity index (χ0n) is 10.2. The van der Waals surface area contributed by atoms with Gasteiger partial charge in [-0.05, 0) is 18.8 Å². The first kappa shape index (κ1) is 15.9. The van der Waals surface area contributed by atoms with Crippen LogP contribution < -0.4 is 10.0 Å². The van der Waals surface area contributed by atoms with Gasteiger partial charge in [-0.15, -0.1) is 0 Å². The highest BCUT2D eigenvalue weighted by atomic mass is 16.4. The third kappa shape index (κ3) is 14.0. The molecule has 0 bridgehead atoms. The highest BCUT2D eigenvalue weighted by molar-refractivity contribution is 5.67. The van der Waals surface area contributed by atoms with Crippen LogP contribution in [0.1, 0.15) is 39.5 Å². The van der Waals surface area contributed by atoms with Crippen LogP contribution in [0.4, 0.5) is 0 Å². The van der Waals surface area contributed by atoms with Crippen molar-refractivity contribution in [3.63, 3.8) is 0 Å². The number of carboxylic acids is 1. The lowest BCUT2D eigenvalue weighted by Crippen LogP contribution is -3.02. The van der Waals surface area contributed by atoms with Crippen molar-refractivity contribution in [2.24, 2.45) is 5.92 Å². The first-order valence-corrected chi connectivity index (χ1v) is 5.43. The Morgan fingerprint density at radius 1 is 1.29 bits per heavy atom. The van der Waals surface area contributed by atoms with Gasteiger partial charge in [-0.25, -0.2) is 0 Å². The van der Waals surface area contributed by atoms with E-state index in [0.717, 1.165) is 19.3 Å². The van der Waals surface area contributed by atoms with Crippen molar-refractivity contribution in [1.82, 2.24) is 0 Å². The van der Waals surface area contributed by atoms with Gasteiger partial charge in [-0.1, -0.05) is 26.7 Å². The van der Waals surface area contributed by atoms with Gasteiger partial charge in [0.15, 0.2) is 0 Å². The maximum Gasteiger partial charge on any atom is 0.0661 e. The summed E-state index contributed by atoms with van der Waals surface area (Å²) in [4.78, 5) is 11.7. The molecule has 0 heterocycles. The van der Waals surface area contributed by atoms with Crippen molar-refractivity contribution in [3.8, 4) is 0 Å². The highest BCUT2D eigenvalue weighted by Crippen LogP contribution is 2.10. The molecule has 1 N–H and O–H groups in total. The number of nitrogens with one attached hydrogen (secondary N) is 1. The summed E-state index contributed by atoms with van der Waals surface area (Å²) in [6.07, 6.45) is 3.52. The minimum atomic E-state index is -0.893. The fourth-order valence-corrected chi connectivity index (χ4v) is 0.939. The fourth-order valence-electron chi connectivity index (χ4n) is 0.939. The molecule has 1 unspecified atom stereocenters. The molecule has 3 nitrogen and oxygen atoms in total. The SMILES string of the molecule is CCCCC(CC)C(=O)[O-].C[NH+](C)C. The molecule has 0 radical (unpaired) electrons. The van der Waals surface area contributed by atoms with E-state index in [9.17, 15) is 9.90 Å². The van der Waals surface area contributed by atoms with E-state index in [-0.39, 0.29) is 5.92 Å². The molecule has 14 heavy (non-hydrogen) atoms. The van der Waals surface area contributed by atoms with Crippen molar-refractivity contribution in [3.05, 3.63) is 0 Å². The third-order valence-electron chi connectivity index (χ3n) is 1.73. The molecule has 0 rings (SSSR count). The Morgan fingerprint density at radius 3 is 1.93 bits per heavy atom. The smallest absolute Gasteiger partial charge is 0.0661 e. The number of hydrogen-bond donors (Lipinski definition) is 1. The molecule has 86 valence electrons. The largest absolute Gasteiger partial charge is 0.550 e. The average molecular weight is 203 g/mol. The Labute approximate surface area is 88.1 Å². The van der Waals surface area contributed by atoms with Gasteiger partial charge in [-0.3, -0.25) is 0 Å². The lowest BCUT2D eigenvalue weighted by molar-refractivity contribution is -0.836. The molecule has 0 amide bonds. The normalized spacial score (nSPS) is 11.9. The standard InChI is InChI=1S/C8H16O2.C3H9N/c1-3-5-6-7(4-2)8(9)10;1-4(2)3/h7H,3-6H2,1-2H3,(H,9,10);1-3H3. The van der Waals surface area contributed by atoms with E-state index in [1.54, 1.807) is 0 Å². The Balaban J connectivity index is 0. The zero-order valence-corrected chi connectivity index (χ0v) is 10.2. The van der Waals surface area contributed by atoms with E-state index in [0.29, 0.717) is 6.42 Å². The predicted octanol–water partition coefficient (Wildman–Crippen LogP) is -0.287. The number of rotatable bonds is 5. The molecule has 0 saturated carbocycles. The summed E-state index contributed by atoms with van der Waals surface area (Å²) >= 11 is 0. The molecule has 0 aromatic carbocycles. The minimum absolute atomic E-state index is 0.222. The fraction of sp³-hybridized carbons (Fsp3) is 0.909. The second-order valence-corrected chi connectivity index (χ2v) is 4.07. The van der Waals surface area contributed by atoms with Crippen LogP contribution >= 0.6 is 0 Å². The van der Waals surface area contributed by atoms with E-state index in [1.165, 1.54) is 4.90 Å². The Bertz CT molecular complexity index is 132. The second kappa shape index (κ2) is 10.5. The van der Waals surface area contributed by atoms with Crippen LogP contribution in [0, 0.1) is 5.92 Å². The van der Waals surface area contributed by atoms with E-state index >= 15 is 0 Å². The summed E-state index contributed by atoms with van der Waals surface area (Å²) in [7, 11) is 6.25. The number of carboxylic acid groups (broad SMARTS) is 1. The van der Waals surface area contributed by atoms with Crippen molar-refractivity contribution in [2.45, 2.75) is 39.5 Å². The van der Waals surface area contributed by atoms with Crippen LogP contribution in [0.15, 0.2) is 0 Å². The van der Waals surface area contributed by atoms with Crippen molar-refractivity contribution >= 4 is 5.97 Å². The first-order valence-electron chi connectivity index (χ1n) is 5.43. The van der Waals surface area contributed by atoms with Crippen LogP contribution in [0.2, 0.25) is 0 Å². The molecule has 0 aliphatic rings. The number of unbranched alkanes of at least 4 members (excludes halogenated alkanes) is 1. The minimum Gasteiger partial charge on any atom is -0.550 e. The summed E-state index contributed by atoms with van der Waals surface area (Å²) in [5.74, 6) is -1.11. The maximum absolute atomic E-state index is 10.3. The Kier molecular flexibility index (Phi) is 11.9. The number of quaternary nitrogens is 1. The Hall–Kier alpha value is -0.570.